The fourth-order valence-corrected chi connectivity index (χ4v) is 3.01. The van der Waals surface area contributed by atoms with Crippen LogP contribution in [0.2, 0.25) is 0 Å². The van der Waals surface area contributed by atoms with Gasteiger partial charge in [0, 0.05) is 29.7 Å². The minimum atomic E-state index is -0.553. The molecule has 2 heterocycles. The second-order valence-electron chi connectivity index (χ2n) is 7.03. The lowest BCUT2D eigenvalue weighted by atomic mass is 10.2. The average molecular weight is 430 g/mol. The van der Waals surface area contributed by atoms with Crippen molar-refractivity contribution in [3.63, 3.8) is 0 Å². The molecule has 2 aromatic carbocycles. The van der Waals surface area contributed by atoms with Crippen molar-refractivity contribution in [2.75, 3.05) is 10.6 Å². The summed E-state index contributed by atoms with van der Waals surface area (Å²) in [5.41, 5.74) is 3.33. The fraction of sp³-hybridized carbons (Fsp3) is 0.0417. The number of carbonyl (C=O) groups excluding carboxylic acids is 2. The molecule has 0 fully saturated rings. The van der Waals surface area contributed by atoms with Crippen molar-refractivity contribution >= 4 is 23.7 Å². The van der Waals surface area contributed by atoms with Gasteiger partial charge in [-0.05, 0) is 61.0 Å². The zero-order chi connectivity index (χ0) is 22.5. The summed E-state index contributed by atoms with van der Waals surface area (Å²) in [5, 5.41) is 5.15. The van der Waals surface area contributed by atoms with Crippen LogP contribution in [0.15, 0.2) is 73.1 Å². The topological polar surface area (TPSA) is 96.1 Å². The third kappa shape index (κ3) is 4.99. The molecule has 4 aromatic rings. The summed E-state index contributed by atoms with van der Waals surface area (Å²) in [7, 11) is 0. The molecule has 0 bridgehead atoms. The van der Waals surface area contributed by atoms with Gasteiger partial charge in [-0.25, -0.2) is 9.18 Å². The van der Waals surface area contributed by atoms with Crippen molar-refractivity contribution in [3.05, 3.63) is 90.0 Å². The molecule has 2 aromatic heterocycles. The summed E-state index contributed by atoms with van der Waals surface area (Å²) in [6, 6.07) is 15.8. The minimum Gasteiger partial charge on any atom is -0.457 e. The van der Waals surface area contributed by atoms with Gasteiger partial charge in [0.25, 0.3) is 0 Å². The molecule has 0 aliphatic carbocycles. The van der Waals surface area contributed by atoms with E-state index in [-0.39, 0.29) is 5.69 Å². The standard InChI is InChI=1S/C24H19FN4O3/c1-15-2-7-20(25)21(10-15)29-24(31)28-17-3-5-18(6-4-17)32-19-8-9-26-23(12-19)22-11-16(14-30)13-27-22/h2-14,27H,1H3,(H2,28,29,31). The van der Waals surface area contributed by atoms with Crippen LogP contribution in [0.3, 0.4) is 0 Å². The van der Waals surface area contributed by atoms with Crippen molar-refractivity contribution < 1.29 is 18.7 Å². The molecule has 32 heavy (non-hydrogen) atoms. The third-order valence-electron chi connectivity index (χ3n) is 4.57. The number of aryl methyl sites for hydroxylation is 1. The smallest absolute Gasteiger partial charge is 0.323 e. The molecule has 0 unspecified atom stereocenters. The molecule has 3 N–H and O–H groups in total. The Labute approximate surface area is 183 Å². The summed E-state index contributed by atoms with van der Waals surface area (Å²) in [4.78, 5) is 30.3. The number of nitrogens with zero attached hydrogens (tertiary/aromatic N) is 1. The number of ether oxygens (including phenoxy) is 1. The van der Waals surface area contributed by atoms with Crippen LogP contribution in [-0.2, 0) is 0 Å². The number of rotatable bonds is 6. The summed E-state index contributed by atoms with van der Waals surface area (Å²) < 4.78 is 19.7. The SMILES string of the molecule is Cc1ccc(F)c(NC(=O)Nc2ccc(Oc3ccnc(-c4cc(C=O)c[nH]4)c3)cc2)c1. The van der Waals surface area contributed by atoms with E-state index in [2.05, 4.69) is 20.6 Å². The predicted molar refractivity (Wildman–Crippen MR) is 120 cm³/mol. The highest BCUT2D eigenvalue weighted by molar-refractivity contribution is 5.99. The zero-order valence-electron chi connectivity index (χ0n) is 17.1. The van der Waals surface area contributed by atoms with E-state index in [9.17, 15) is 14.0 Å². The number of amides is 2. The highest BCUT2D eigenvalue weighted by atomic mass is 19.1. The van der Waals surface area contributed by atoms with Crippen LogP contribution in [-0.4, -0.2) is 22.3 Å². The number of aromatic amines is 1. The Balaban J connectivity index is 1.39. The second kappa shape index (κ2) is 9.13. The van der Waals surface area contributed by atoms with Gasteiger partial charge in [0.05, 0.1) is 17.1 Å². The monoisotopic (exact) mass is 430 g/mol. The van der Waals surface area contributed by atoms with E-state index in [1.54, 1.807) is 67.0 Å². The van der Waals surface area contributed by atoms with Gasteiger partial charge in [-0.3, -0.25) is 9.78 Å². The van der Waals surface area contributed by atoms with Gasteiger partial charge in [0.15, 0.2) is 6.29 Å². The maximum Gasteiger partial charge on any atom is 0.323 e. The Hall–Kier alpha value is -4.46. The van der Waals surface area contributed by atoms with E-state index >= 15 is 0 Å². The Morgan fingerprint density at radius 2 is 1.84 bits per heavy atom. The van der Waals surface area contributed by atoms with Crippen LogP contribution in [0, 0.1) is 12.7 Å². The number of aldehydes is 1. The molecule has 0 spiro atoms. The molecule has 0 aliphatic rings. The number of benzene rings is 2. The number of nitrogens with one attached hydrogen (secondary N) is 3. The molecule has 0 aliphatic heterocycles. The number of urea groups is 1. The molecule has 0 saturated carbocycles. The van der Waals surface area contributed by atoms with E-state index in [1.165, 1.54) is 6.07 Å². The lowest BCUT2D eigenvalue weighted by Crippen LogP contribution is -2.20. The van der Waals surface area contributed by atoms with Crippen LogP contribution in [0.25, 0.3) is 11.4 Å². The number of carbonyl (C=O) groups is 2. The van der Waals surface area contributed by atoms with Crippen LogP contribution in [0.4, 0.5) is 20.6 Å². The maximum atomic E-state index is 13.8. The molecule has 8 heteroatoms. The molecular formula is C24H19FN4O3. The van der Waals surface area contributed by atoms with Gasteiger partial charge in [0.2, 0.25) is 0 Å². The first-order chi connectivity index (χ1) is 15.5. The number of anilines is 2. The van der Waals surface area contributed by atoms with E-state index < -0.39 is 11.8 Å². The van der Waals surface area contributed by atoms with Crippen molar-refractivity contribution in [1.82, 2.24) is 9.97 Å². The van der Waals surface area contributed by atoms with Crippen molar-refractivity contribution in [2.45, 2.75) is 6.92 Å². The lowest BCUT2D eigenvalue weighted by Gasteiger charge is -2.10. The Bertz CT molecular complexity index is 1270. The summed E-state index contributed by atoms with van der Waals surface area (Å²) in [6.45, 7) is 1.81. The zero-order valence-corrected chi connectivity index (χ0v) is 17.1. The normalized spacial score (nSPS) is 10.4. The van der Waals surface area contributed by atoms with Crippen LogP contribution >= 0.6 is 0 Å². The summed E-state index contributed by atoms with van der Waals surface area (Å²) in [6.07, 6.45) is 3.97. The van der Waals surface area contributed by atoms with Crippen LogP contribution < -0.4 is 15.4 Å². The number of hydrogen-bond donors (Lipinski definition) is 3. The molecule has 0 radical (unpaired) electrons. The number of hydrogen-bond acceptors (Lipinski definition) is 4. The van der Waals surface area contributed by atoms with Gasteiger partial charge in [0.1, 0.15) is 17.3 Å². The van der Waals surface area contributed by atoms with Crippen molar-refractivity contribution in [1.29, 1.82) is 0 Å². The van der Waals surface area contributed by atoms with Crippen molar-refractivity contribution in [3.8, 4) is 22.9 Å². The number of pyridine rings is 1. The van der Waals surface area contributed by atoms with Crippen LogP contribution in [0.5, 0.6) is 11.5 Å². The highest BCUT2D eigenvalue weighted by Crippen LogP contribution is 2.26. The van der Waals surface area contributed by atoms with E-state index in [1.807, 2.05) is 6.92 Å². The Morgan fingerprint density at radius 1 is 1.03 bits per heavy atom. The second-order valence-corrected chi connectivity index (χ2v) is 7.03. The summed E-state index contributed by atoms with van der Waals surface area (Å²) >= 11 is 0. The maximum absolute atomic E-state index is 13.8. The number of halogens is 1. The first-order valence-corrected chi connectivity index (χ1v) is 9.72. The Kier molecular flexibility index (Phi) is 5.94. The van der Waals surface area contributed by atoms with Gasteiger partial charge in [-0.1, -0.05) is 6.07 Å². The average Bonchev–Trinajstić information content (AvgIpc) is 3.27. The van der Waals surface area contributed by atoms with E-state index in [4.69, 9.17) is 4.74 Å². The first kappa shape index (κ1) is 20.8. The molecule has 2 amide bonds. The van der Waals surface area contributed by atoms with Crippen molar-refractivity contribution in [2.24, 2.45) is 0 Å². The first-order valence-electron chi connectivity index (χ1n) is 9.72. The van der Waals surface area contributed by atoms with Gasteiger partial charge in [-0.15, -0.1) is 0 Å². The van der Waals surface area contributed by atoms with Gasteiger partial charge in [-0.2, -0.15) is 0 Å². The van der Waals surface area contributed by atoms with E-state index in [0.717, 1.165) is 11.8 Å². The molecular weight excluding hydrogens is 411 g/mol. The molecule has 0 atom stereocenters. The quantitative estimate of drug-likeness (QED) is 0.338. The molecule has 4 rings (SSSR count). The summed E-state index contributed by atoms with van der Waals surface area (Å²) in [5.74, 6) is 0.608. The molecule has 0 saturated heterocycles. The predicted octanol–water partition coefficient (Wildman–Crippen LogP) is 5.77. The van der Waals surface area contributed by atoms with E-state index in [0.29, 0.717) is 34.1 Å². The largest absolute Gasteiger partial charge is 0.457 e. The van der Waals surface area contributed by atoms with Gasteiger partial charge >= 0.3 is 6.03 Å². The number of H-pyrrole nitrogens is 1. The Morgan fingerprint density at radius 3 is 2.59 bits per heavy atom. The molecule has 7 nitrogen and oxygen atoms in total. The third-order valence-corrected chi connectivity index (χ3v) is 4.57. The lowest BCUT2D eigenvalue weighted by molar-refractivity contribution is 0.112. The fourth-order valence-electron chi connectivity index (χ4n) is 3.01. The molecule has 160 valence electrons. The highest BCUT2D eigenvalue weighted by Gasteiger charge is 2.09. The number of aromatic nitrogens is 2. The minimum absolute atomic E-state index is 0.110. The van der Waals surface area contributed by atoms with Gasteiger partial charge < -0.3 is 20.4 Å². The van der Waals surface area contributed by atoms with Crippen LogP contribution in [0.1, 0.15) is 15.9 Å².